The van der Waals surface area contributed by atoms with Gasteiger partial charge in [0.15, 0.2) is 0 Å². The van der Waals surface area contributed by atoms with Crippen molar-refractivity contribution in [2.75, 3.05) is 4.90 Å². The number of furan rings is 1. The number of benzene rings is 7. The van der Waals surface area contributed by atoms with Gasteiger partial charge in [0.25, 0.3) is 0 Å². The van der Waals surface area contributed by atoms with E-state index in [4.69, 9.17) is 4.42 Å². The van der Waals surface area contributed by atoms with Gasteiger partial charge in [-0.1, -0.05) is 128 Å². The van der Waals surface area contributed by atoms with Crippen molar-refractivity contribution in [3.05, 3.63) is 194 Å². The largest absolute Gasteiger partial charge is 0.456 e. The molecule has 248 valence electrons. The summed E-state index contributed by atoms with van der Waals surface area (Å²) in [7, 11) is 0. The Morgan fingerprint density at radius 2 is 1.27 bits per heavy atom. The zero-order chi connectivity index (χ0) is 35.0. The van der Waals surface area contributed by atoms with Crippen LogP contribution in [0.15, 0.2) is 193 Å². The zero-order valence-corrected chi connectivity index (χ0v) is 29.6. The van der Waals surface area contributed by atoms with Gasteiger partial charge in [-0.05, 0) is 101 Å². The molecule has 0 unspecified atom stereocenters. The van der Waals surface area contributed by atoms with Crippen molar-refractivity contribution in [3.63, 3.8) is 0 Å². The fourth-order valence-electron chi connectivity index (χ4n) is 7.26. The molecule has 0 aliphatic carbocycles. The van der Waals surface area contributed by atoms with E-state index in [0.29, 0.717) is 0 Å². The van der Waals surface area contributed by atoms with Crippen molar-refractivity contribution in [1.29, 1.82) is 0 Å². The van der Waals surface area contributed by atoms with E-state index in [2.05, 4.69) is 169 Å². The van der Waals surface area contributed by atoms with Crippen LogP contribution in [-0.4, -0.2) is 0 Å². The van der Waals surface area contributed by atoms with E-state index in [0.717, 1.165) is 61.3 Å². The second-order valence-corrected chi connectivity index (χ2v) is 14.0. The molecule has 3 heteroatoms. The molecule has 0 aliphatic heterocycles. The zero-order valence-electron chi connectivity index (χ0n) is 28.8. The van der Waals surface area contributed by atoms with E-state index in [1.54, 1.807) is 0 Å². The number of hydrogen-bond donors (Lipinski definition) is 0. The van der Waals surface area contributed by atoms with Crippen molar-refractivity contribution in [2.24, 2.45) is 0 Å². The number of thiophene rings is 1. The molecule has 0 aliphatic rings. The summed E-state index contributed by atoms with van der Waals surface area (Å²) in [5, 5.41) is 4.82. The van der Waals surface area contributed by atoms with Gasteiger partial charge in [-0.2, -0.15) is 0 Å². The van der Waals surface area contributed by atoms with Crippen molar-refractivity contribution in [1.82, 2.24) is 0 Å². The van der Waals surface area contributed by atoms with Crippen molar-refractivity contribution < 1.29 is 4.42 Å². The molecule has 2 aromatic heterocycles. The average Bonchev–Trinajstić information content (AvgIpc) is 3.77. The monoisotopic (exact) mass is 685 g/mol. The second kappa shape index (κ2) is 13.4. The van der Waals surface area contributed by atoms with Gasteiger partial charge in [-0.15, -0.1) is 11.3 Å². The standard InChI is InChI=1S/C49H35NOS/c1-3-5-13-33(4-2)35-14-10-15-36(30-35)37-16-11-17-40(31-37)50(44-20-12-22-46-49(44)43-19-6-8-21-45(43)51-46)39-27-24-34(25-28-39)38-26-29-42-41-18-7-9-23-47(41)52-48(42)32-38/h3-32H,2H2,1H3/b5-3-,33-13+. The van der Waals surface area contributed by atoms with Gasteiger partial charge in [0.2, 0.25) is 0 Å². The molecule has 0 radical (unpaired) electrons. The van der Waals surface area contributed by atoms with E-state index in [-0.39, 0.29) is 0 Å². The molecule has 52 heavy (non-hydrogen) atoms. The van der Waals surface area contributed by atoms with Gasteiger partial charge in [-0.25, -0.2) is 0 Å². The van der Waals surface area contributed by atoms with Crippen LogP contribution in [0.25, 0.3) is 69.9 Å². The first-order valence-electron chi connectivity index (χ1n) is 17.6. The predicted molar refractivity (Wildman–Crippen MR) is 225 cm³/mol. The van der Waals surface area contributed by atoms with Crippen LogP contribution in [0.2, 0.25) is 0 Å². The van der Waals surface area contributed by atoms with Gasteiger partial charge in [-0.3, -0.25) is 0 Å². The molecular weight excluding hydrogens is 651 g/mol. The minimum atomic E-state index is 0.866. The van der Waals surface area contributed by atoms with Crippen molar-refractivity contribution >= 4 is 76.1 Å². The SMILES string of the molecule is C=C/C(=C\C=C/C)c1cccc(-c2cccc(N(c3ccc(-c4ccc5c(c4)sc4ccccc45)cc3)c3cccc4oc5ccccc5c34)c2)c1. The maximum atomic E-state index is 6.37. The van der Waals surface area contributed by atoms with Crippen molar-refractivity contribution in [3.8, 4) is 22.3 Å². The summed E-state index contributed by atoms with van der Waals surface area (Å²) in [6.07, 6.45) is 8.10. The first-order chi connectivity index (χ1) is 25.7. The van der Waals surface area contributed by atoms with Gasteiger partial charge >= 0.3 is 0 Å². The third-order valence-electron chi connectivity index (χ3n) is 9.78. The van der Waals surface area contributed by atoms with E-state index < -0.39 is 0 Å². The van der Waals surface area contributed by atoms with Crippen LogP contribution >= 0.6 is 11.3 Å². The molecule has 0 amide bonds. The minimum absolute atomic E-state index is 0.866. The number of para-hydroxylation sites is 1. The Labute approximate surface area is 307 Å². The molecule has 0 spiro atoms. The third kappa shape index (κ3) is 5.62. The second-order valence-electron chi connectivity index (χ2n) is 12.9. The highest BCUT2D eigenvalue weighted by atomic mass is 32.1. The first kappa shape index (κ1) is 31.6. The van der Waals surface area contributed by atoms with Crippen LogP contribution in [0, 0.1) is 0 Å². The number of nitrogens with zero attached hydrogens (tertiary/aromatic N) is 1. The van der Waals surface area contributed by atoms with Gasteiger partial charge in [0, 0.05) is 36.9 Å². The Morgan fingerprint density at radius 1 is 0.577 bits per heavy atom. The fraction of sp³-hybridized carbons (Fsp3) is 0.0204. The number of fused-ring (bicyclic) bond motifs is 6. The Kier molecular flexibility index (Phi) is 8.11. The van der Waals surface area contributed by atoms with Crippen LogP contribution in [0.5, 0.6) is 0 Å². The molecule has 0 N–H and O–H groups in total. The van der Waals surface area contributed by atoms with E-state index in [1.807, 2.05) is 42.5 Å². The summed E-state index contributed by atoms with van der Waals surface area (Å²) in [6, 6.07) is 56.6. The van der Waals surface area contributed by atoms with Crippen LogP contribution in [-0.2, 0) is 0 Å². The highest BCUT2D eigenvalue weighted by Crippen LogP contribution is 2.44. The van der Waals surface area contributed by atoms with Crippen molar-refractivity contribution in [2.45, 2.75) is 6.92 Å². The summed E-state index contributed by atoms with van der Waals surface area (Å²) in [5.41, 5.74) is 11.8. The molecule has 7 aromatic carbocycles. The Bertz CT molecular complexity index is 2830. The Morgan fingerprint density at radius 3 is 2.12 bits per heavy atom. The number of hydrogen-bond acceptors (Lipinski definition) is 3. The molecule has 9 rings (SSSR count). The minimum Gasteiger partial charge on any atom is -0.456 e. The van der Waals surface area contributed by atoms with E-state index in [1.165, 1.54) is 31.3 Å². The van der Waals surface area contributed by atoms with Crippen LogP contribution in [0.3, 0.4) is 0 Å². The molecule has 9 aromatic rings. The normalized spacial score (nSPS) is 12.1. The smallest absolute Gasteiger partial charge is 0.137 e. The van der Waals surface area contributed by atoms with Crippen LogP contribution < -0.4 is 4.90 Å². The lowest BCUT2D eigenvalue weighted by Crippen LogP contribution is -2.10. The summed E-state index contributed by atoms with van der Waals surface area (Å²) in [6.45, 7) is 6.10. The molecule has 0 bridgehead atoms. The lowest BCUT2D eigenvalue weighted by molar-refractivity contribution is 0.669. The molecule has 2 heterocycles. The lowest BCUT2D eigenvalue weighted by Gasteiger charge is -2.27. The van der Waals surface area contributed by atoms with Gasteiger partial charge in [0.05, 0.1) is 11.1 Å². The van der Waals surface area contributed by atoms with Crippen LogP contribution in [0.4, 0.5) is 17.1 Å². The predicted octanol–water partition coefficient (Wildman–Crippen LogP) is 14.9. The third-order valence-corrected chi connectivity index (χ3v) is 10.9. The summed E-state index contributed by atoms with van der Waals surface area (Å²) in [4.78, 5) is 2.36. The molecule has 0 saturated carbocycles. The highest BCUT2D eigenvalue weighted by Gasteiger charge is 2.20. The average molecular weight is 686 g/mol. The van der Waals surface area contributed by atoms with E-state index >= 15 is 0 Å². The first-order valence-corrected chi connectivity index (χ1v) is 18.4. The summed E-state index contributed by atoms with van der Waals surface area (Å²) < 4.78 is 9.00. The Balaban J connectivity index is 1.17. The maximum absolute atomic E-state index is 6.37. The molecule has 0 atom stereocenters. The Hall–Kier alpha value is -6.42. The quantitative estimate of drug-likeness (QED) is 0.148. The molecular formula is C49H35NOS. The number of anilines is 3. The summed E-state index contributed by atoms with van der Waals surface area (Å²) in [5.74, 6) is 0. The molecule has 2 nitrogen and oxygen atoms in total. The summed E-state index contributed by atoms with van der Waals surface area (Å²) >= 11 is 1.85. The fourth-order valence-corrected chi connectivity index (χ4v) is 8.41. The van der Waals surface area contributed by atoms with Gasteiger partial charge in [0.1, 0.15) is 11.2 Å². The molecule has 0 saturated heterocycles. The van der Waals surface area contributed by atoms with E-state index in [9.17, 15) is 0 Å². The van der Waals surface area contributed by atoms with Gasteiger partial charge < -0.3 is 9.32 Å². The highest BCUT2D eigenvalue weighted by molar-refractivity contribution is 7.25. The van der Waals surface area contributed by atoms with Crippen LogP contribution in [0.1, 0.15) is 12.5 Å². The maximum Gasteiger partial charge on any atom is 0.137 e. The lowest BCUT2D eigenvalue weighted by atomic mass is 9.98. The molecule has 0 fully saturated rings. The number of rotatable bonds is 8. The number of allylic oxidation sites excluding steroid dienone is 5. The topological polar surface area (TPSA) is 16.4 Å².